The Bertz CT molecular complexity index is 1710. The van der Waals surface area contributed by atoms with E-state index in [2.05, 4.69) is 16.0 Å². The number of aliphatic carboxylic acids is 1. The van der Waals surface area contributed by atoms with Gasteiger partial charge in [-0.15, -0.1) is 0 Å². The lowest BCUT2D eigenvalue weighted by atomic mass is 9.99. The molecule has 0 bridgehead atoms. The molecule has 0 spiro atoms. The predicted octanol–water partition coefficient (Wildman–Crippen LogP) is 5.25. The van der Waals surface area contributed by atoms with E-state index in [9.17, 15) is 24.3 Å². The molecular formula is C34H36N6O5. The van der Waals surface area contributed by atoms with E-state index in [4.69, 9.17) is 11.1 Å². The third-order valence-corrected chi connectivity index (χ3v) is 7.09. The second kappa shape index (κ2) is 14.2. The van der Waals surface area contributed by atoms with E-state index in [0.717, 1.165) is 11.1 Å². The predicted molar refractivity (Wildman–Crippen MR) is 174 cm³/mol. The number of aromatic nitrogens is 1. The van der Waals surface area contributed by atoms with Crippen LogP contribution in [-0.4, -0.2) is 45.2 Å². The van der Waals surface area contributed by atoms with Gasteiger partial charge in [0.2, 0.25) is 11.8 Å². The quantitative estimate of drug-likeness (QED) is 0.0944. The minimum absolute atomic E-state index is 0.108. The first-order valence-electron chi connectivity index (χ1n) is 14.4. The number of hydrogen-bond acceptors (Lipinski definition) is 5. The number of anilines is 2. The van der Waals surface area contributed by atoms with Crippen LogP contribution in [0.5, 0.6) is 0 Å². The van der Waals surface area contributed by atoms with Gasteiger partial charge in [-0.1, -0.05) is 60.7 Å². The number of carboxylic acid groups (broad SMARTS) is 1. The average Bonchev–Trinajstić information content (AvgIpc) is 3.35. The minimum Gasteiger partial charge on any atom is -0.481 e. The Hall–Kier alpha value is -5.71. The Kier molecular flexibility index (Phi) is 10.1. The van der Waals surface area contributed by atoms with Gasteiger partial charge in [0, 0.05) is 36.2 Å². The molecule has 1 heterocycles. The highest BCUT2D eigenvalue weighted by atomic mass is 16.4. The molecule has 1 atom stereocenters. The van der Waals surface area contributed by atoms with Crippen molar-refractivity contribution in [3.8, 4) is 22.4 Å². The maximum Gasteiger partial charge on any atom is 0.303 e. The number of hydrogen-bond donors (Lipinski definition) is 6. The number of carbonyl (C=O) groups is 4. The van der Waals surface area contributed by atoms with Crippen LogP contribution in [0.3, 0.4) is 0 Å². The van der Waals surface area contributed by atoms with E-state index in [0.29, 0.717) is 22.5 Å². The number of amidine groups is 1. The van der Waals surface area contributed by atoms with Crippen LogP contribution >= 0.6 is 0 Å². The Morgan fingerprint density at radius 3 is 1.96 bits per heavy atom. The van der Waals surface area contributed by atoms with Gasteiger partial charge in [-0.05, 0) is 55.7 Å². The zero-order chi connectivity index (χ0) is 32.7. The Morgan fingerprint density at radius 1 is 0.867 bits per heavy atom. The van der Waals surface area contributed by atoms with E-state index in [1.165, 1.54) is 6.92 Å². The Morgan fingerprint density at radius 2 is 1.44 bits per heavy atom. The van der Waals surface area contributed by atoms with Crippen molar-refractivity contribution >= 4 is 40.9 Å². The van der Waals surface area contributed by atoms with Gasteiger partial charge in [0.05, 0.1) is 11.4 Å². The van der Waals surface area contributed by atoms with Gasteiger partial charge in [-0.3, -0.25) is 24.6 Å². The molecule has 0 saturated heterocycles. The molecule has 1 aromatic heterocycles. The SMILES string of the molecule is CC(=O)NC(CCC(=O)O)C(=O)Nc1c(-c2ccccc2)c(-c2ccccc2)n(C(C)C)c1C(=O)Nc1ccc(C(=N)N)cc1. The molecule has 0 radical (unpaired) electrons. The van der Waals surface area contributed by atoms with Crippen LogP contribution in [-0.2, 0) is 14.4 Å². The Balaban J connectivity index is 1.96. The molecule has 0 saturated carbocycles. The van der Waals surface area contributed by atoms with Crippen LogP contribution in [0.4, 0.5) is 11.4 Å². The number of nitrogens with one attached hydrogen (secondary N) is 4. The second-order valence-corrected chi connectivity index (χ2v) is 10.8. The standard InChI is InChI=1S/C34H36N6O5/c1-20(2)40-30(23-12-8-5-9-13-23)28(22-10-6-4-7-11-22)29(39-33(44)26(37-21(3)41)18-19-27(42)43)31(40)34(45)38-25-16-14-24(15-17-25)32(35)36/h4-17,20,26H,18-19H2,1-3H3,(H3,35,36)(H,37,41)(H,38,45)(H,39,44)(H,42,43). The van der Waals surface area contributed by atoms with Crippen LogP contribution in [0.15, 0.2) is 84.9 Å². The van der Waals surface area contributed by atoms with Crippen LogP contribution in [0.25, 0.3) is 22.4 Å². The van der Waals surface area contributed by atoms with Crippen molar-refractivity contribution in [2.75, 3.05) is 10.6 Å². The monoisotopic (exact) mass is 608 g/mol. The Labute approximate surface area is 261 Å². The summed E-state index contributed by atoms with van der Waals surface area (Å²) in [5.74, 6) is -2.90. The summed E-state index contributed by atoms with van der Waals surface area (Å²) in [5.41, 5.74) is 9.70. The smallest absolute Gasteiger partial charge is 0.303 e. The molecule has 45 heavy (non-hydrogen) atoms. The van der Waals surface area contributed by atoms with Crippen molar-refractivity contribution in [2.45, 2.75) is 45.7 Å². The lowest BCUT2D eigenvalue weighted by molar-refractivity contribution is -0.137. The molecule has 3 amide bonds. The molecule has 11 nitrogen and oxygen atoms in total. The topological polar surface area (TPSA) is 179 Å². The summed E-state index contributed by atoms with van der Waals surface area (Å²) < 4.78 is 1.86. The van der Waals surface area contributed by atoms with E-state index in [1.54, 1.807) is 24.3 Å². The highest BCUT2D eigenvalue weighted by Crippen LogP contribution is 2.45. The first-order valence-corrected chi connectivity index (χ1v) is 14.4. The first kappa shape index (κ1) is 32.2. The third-order valence-electron chi connectivity index (χ3n) is 7.09. The number of nitrogen functional groups attached to an aromatic ring is 1. The van der Waals surface area contributed by atoms with Gasteiger partial charge in [0.25, 0.3) is 5.91 Å². The van der Waals surface area contributed by atoms with Gasteiger partial charge >= 0.3 is 5.97 Å². The lowest BCUT2D eigenvalue weighted by Gasteiger charge is -2.19. The fraction of sp³-hybridized carbons (Fsp3) is 0.206. The normalized spacial score (nSPS) is 11.5. The third kappa shape index (κ3) is 7.63. The van der Waals surface area contributed by atoms with Crippen LogP contribution < -0.4 is 21.7 Å². The number of rotatable bonds is 12. The highest BCUT2D eigenvalue weighted by molar-refractivity contribution is 6.15. The maximum absolute atomic E-state index is 14.3. The summed E-state index contributed by atoms with van der Waals surface area (Å²) in [7, 11) is 0. The van der Waals surface area contributed by atoms with Crippen LogP contribution in [0.2, 0.25) is 0 Å². The number of benzene rings is 3. The summed E-state index contributed by atoms with van der Waals surface area (Å²) in [5, 5.41) is 25.3. The maximum atomic E-state index is 14.3. The zero-order valence-electron chi connectivity index (χ0n) is 25.3. The summed E-state index contributed by atoms with van der Waals surface area (Å²) in [6, 6.07) is 23.9. The minimum atomic E-state index is -1.17. The fourth-order valence-electron chi connectivity index (χ4n) is 5.13. The second-order valence-electron chi connectivity index (χ2n) is 10.8. The molecule has 0 fully saturated rings. The first-order chi connectivity index (χ1) is 21.5. The molecule has 232 valence electrons. The summed E-state index contributed by atoms with van der Waals surface area (Å²) in [6.45, 7) is 5.10. The molecule has 7 N–H and O–H groups in total. The number of carbonyl (C=O) groups excluding carboxylic acids is 3. The lowest BCUT2D eigenvalue weighted by Crippen LogP contribution is -2.43. The van der Waals surface area contributed by atoms with E-state index < -0.39 is 29.7 Å². The molecule has 0 aliphatic heterocycles. The summed E-state index contributed by atoms with van der Waals surface area (Å²) in [6.07, 6.45) is -0.502. The van der Waals surface area contributed by atoms with Crippen molar-refractivity contribution in [3.05, 3.63) is 96.2 Å². The largest absolute Gasteiger partial charge is 0.481 e. The van der Waals surface area contributed by atoms with Crippen molar-refractivity contribution in [1.29, 1.82) is 5.41 Å². The van der Waals surface area contributed by atoms with Crippen molar-refractivity contribution in [1.82, 2.24) is 9.88 Å². The molecule has 11 heteroatoms. The zero-order valence-corrected chi connectivity index (χ0v) is 25.3. The van der Waals surface area contributed by atoms with Crippen LogP contribution in [0, 0.1) is 5.41 Å². The van der Waals surface area contributed by atoms with E-state index in [-0.39, 0.29) is 36.1 Å². The summed E-state index contributed by atoms with van der Waals surface area (Å²) in [4.78, 5) is 51.4. The molecular weight excluding hydrogens is 572 g/mol. The molecule has 3 aromatic carbocycles. The molecule has 1 unspecified atom stereocenters. The van der Waals surface area contributed by atoms with Gasteiger partial charge in [0.15, 0.2) is 0 Å². The van der Waals surface area contributed by atoms with Crippen molar-refractivity contribution in [3.63, 3.8) is 0 Å². The number of nitrogens with two attached hydrogens (primary N) is 1. The summed E-state index contributed by atoms with van der Waals surface area (Å²) >= 11 is 0. The highest BCUT2D eigenvalue weighted by Gasteiger charge is 2.32. The molecule has 4 aromatic rings. The molecule has 4 rings (SSSR count). The van der Waals surface area contributed by atoms with Crippen molar-refractivity contribution < 1.29 is 24.3 Å². The van der Waals surface area contributed by atoms with Gasteiger partial charge in [-0.2, -0.15) is 0 Å². The molecule has 0 aliphatic carbocycles. The van der Waals surface area contributed by atoms with Gasteiger partial charge in [-0.25, -0.2) is 0 Å². The number of amides is 3. The number of carboxylic acids is 1. The fourth-order valence-corrected chi connectivity index (χ4v) is 5.13. The van der Waals surface area contributed by atoms with Gasteiger partial charge in [0.1, 0.15) is 17.6 Å². The van der Waals surface area contributed by atoms with Crippen molar-refractivity contribution in [2.24, 2.45) is 5.73 Å². The average molecular weight is 609 g/mol. The van der Waals surface area contributed by atoms with E-state index in [1.807, 2.05) is 79.1 Å². The van der Waals surface area contributed by atoms with Gasteiger partial charge < -0.3 is 31.4 Å². The van der Waals surface area contributed by atoms with E-state index >= 15 is 0 Å². The van der Waals surface area contributed by atoms with Crippen LogP contribution in [0.1, 0.15) is 55.7 Å². The molecule has 0 aliphatic rings. The number of nitrogens with zero attached hydrogens (tertiary/aromatic N) is 1.